The van der Waals surface area contributed by atoms with E-state index in [9.17, 15) is 18.0 Å². The first-order valence-corrected chi connectivity index (χ1v) is 11.8. The first-order chi connectivity index (χ1) is 16.7. The minimum atomic E-state index is -2.88. The normalized spacial score (nSPS) is 20.3. The summed E-state index contributed by atoms with van der Waals surface area (Å²) in [7, 11) is 0. The van der Waals surface area contributed by atoms with Crippen molar-refractivity contribution in [3.63, 3.8) is 0 Å². The molecule has 3 aromatic rings. The number of carbonyl (C=O) groups excluding carboxylic acids is 1. The van der Waals surface area contributed by atoms with Crippen LogP contribution in [0.15, 0.2) is 42.6 Å². The summed E-state index contributed by atoms with van der Waals surface area (Å²) in [4.78, 5) is 23.3. The van der Waals surface area contributed by atoms with Gasteiger partial charge >= 0.3 is 0 Å². The Hall–Kier alpha value is -3.42. The van der Waals surface area contributed by atoms with Crippen molar-refractivity contribution in [3.8, 4) is 0 Å². The molecule has 1 N–H and O–H groups in total. The predicted molar refractivity (Wildman–Crippen MR) is 130 cm³/mol. The summed E-state index contributed by atoms with van der Waals surface area (Å²) < 4.78 is 41.1. The molecular weight excluding hydrogens is 453 g/mol. The number of hydrogen-bond donors (Lipinski definition) is 1. The van der Waals surface area contributed by atoms with Crippen molar-refractivity contribution in [2.45, 2.75) is 64.6 Å². The van der Waals surface area contributed by atoms with E-state index in [1.165, 1.54) is 12.1 Å². The van der Waals surface area contributed by atoms with Crippen molar-refractivity contribution in [2.24, 2.45) is 0 Å². The molecule has 2 aromatic heterocycles. The highest BCUT2D eigenvalue weighted by Crippen LogP contribution is 2.39. The number of nitrogens with zero attached hydrogens (tertiary/aromatic N) is 3. The van der Waals surface area contributed by atoms with Crippen LogP contribution in [0.3, 0.4) is 0 Å². The standard InChI is InChI=1S/C27H27F3N4O/c1-14(20-5-4-6-21(25(20)28)27(29)30)32-23-9-10-31-26-15(2)33-24(13-22(23)26)17-11-18-7-8-19(12-17)34(18)16(3)35/h4-6,9-11,13-14,18-19,27H,7-8,12H2,1-3H3,(H,31,32)/t14-,18?,19?/m1/s1. The molecule has 0 radical (unpaired) electrons. The molecule has 2 aliphatic heterocycles. The molecule has 4 heterocycles. The lowest BCUT2D eigenvalue weighted by Crippen LogP contribution is -2.41. The van der Waals surface area contributed by atoms with Crippen molar-refractivity contribution in [3.05, 3.63) is 70.9 Å². The van der Waals surface area contributed by atoms with Gasteiger partial charge in [0.05, 0.1) is 34.6 Å². The topological polar surface area (TPSA) is 58.1 Å². The molecule has 0 aliphatic carbocycles. The van der Waals surface area contributed by atoms with Gasteiger partial charge in [-0.15, -0.1) is 0 Å². The molecule has 35 heavy (non-hydrogen) atoms. The van der Waals surface area contributed by atoms with Crippen LogP contribution in [0.4, 0.5) is 18.9 Å². The Bertz CT molecular complexity index is 1340. The van der Waals surface area contributed by atoms with Gasteiger partial charge in [-0.05, 0) is 50.8 Å². The van der Waals surface area contributed by atoms with Gasteiger partial charge in [0, 0.05) is 35.8 Å². The zero-order chi connectivity index (χ0) is 24.9. The molecular formula is C27H27F3N4O. The number of nitrogens with one attached hydrogen (secondary N) is 1. The van der Waals surface area contributed by atoms with Crippen molar-refractivity contribution < 1.29 is 18.0 Å². The van der Waals surface area contributed by atoms with E-state index in [0.717, 1.165) is 58.9 Å². The van der Waals surface area contributed by atoms with E-state index >= 15 is 0 Å². The van der Waals surface area contributed by atoms with Crippen molar-refractivity contribution in [2.75, 3.05) is 5.32 Å². The summed E-state index contributed by atoms with van der Waals surface area (Å²) in [5.74, 6) is -0.791. The van der Waals surface area contributed by atoms with Gasteiger partial charge in [0.15, 0.2) is 0 Å². The summed E-state index contributed by atoms with van der Waals surface area (Å²) in [6, 6.07) is 7.58. The number of fused-ring (bicyclic) bond motifs is 3. The Morgan fingerprint density at radius 1 is 1.20 bits per heavy atom. The monoisotopic (exact) mass is 480 g/mol. The fraction of sp³-hybridized carbons (Fsp3) is 0.370. The van der Waals surface area contributed by atoms with Crippen LogP contribution in [0.25, 0.3) is 16.5 Å². The summed E-state index contributed by atoms with van der Waals surface area (Å²) >= 11 is 0. The molecule has 2 aliphatic rings. The third-order valence-corrected chi connectivity index (χ3v) is 7.12. The maximum Gasteiger partial charge on any atom is 0.266 e. The number of pyridine rings is 2. The minimum absolute atomic E-state index is 0.0932. The van der Waals surface area contributed by atoms with Gasteiger partial charge in [-0.3, -0.25) is 14.8 Å². The molecule has 5 nitrogen and oxygen atoms in total. The Morgan fingerprint density at radius 3 is 2.69 bits per heavy atom. The molecule has 1 saturated heterocycles. The third-order valence-electron chi connectivity index (χ3n) is 7.12. The second kappa shape index (κ2) is 8.98. The van der Waals surface area contributed by atoms with Crippen LogP contribution in [0.1, 0.15) is 68.1 Å². The number of hydrogen-bond acceptors (Lipinski definition) is 4. The maximum absolute atomic E-state index is 14.8. The van der Waals surface area contributed by atoms with Crippen LogP contribution in [0.2, 0.25) is 0 Å². The highest BCUT2D eigenvalue weighted by atomic mass is 19.3. The van der Waals surface area contributed by atoms with Crippen LogP contribution in [0.5, 0.6) is 0 Å². The Labute approximate surface area is 202 Å². The first-order valence-electron chi connectivity index (χ1n) is 11.8. The molecule has 3 atom stereocenters. The van der Waals surface area contributed by atoms with E-state index in [4.69, 9.17) is 4.98 Å². The molecule has 1 amide bonds. The second-order valence-corrected chi connectivity index (χ2v) is 9.39. The lowest BCUT2D eigenvalue weighted by molar-refractivity contribution is -0.131. The molecule has 182 valence electrons. The van der Waals surface area contributed by atoms with Gasteiger partial charge < -0.3 is 10.2 Å². The Balaban J connectivity index is 1.51. The van der Waals surface area contributed by atoms with Crippen molar-refractivity contribution in [1.82, 2.24) is 14.9 Å². The summed E-state index contributed by atoms with van der Waals surface area (Å²) in [5, 5.41) is 4.12. The Kier molecular flexibility index (Phi) is 5.99. The zero-order valence-electron chi connectivity index (χ0n) is 19.9. The third kappa shape index (κ3) is 4.15. The van der Waals surface area contributed by atoms with Gasteiger partial charge in [-0.1, -0.05) is 24.3 Å². The number of rotatable bonds is 5. The van der Waals surface area contributed by atoms with Crippen LogP contribution in [-0.2, 0) is 4.79 Å². The average molecular weight is 481 g/mol. The quantitative estimate of drug-likeness (QED) is 0.462. The molecule has 8 heteroatoms. The fourth-order valence-electron chi connectivity index (χ4n) is 5.49. The van der Waals surface area contributed by atoms with Gasteiger partial charge in [-0.25, -0.2) is 13.2 Å². The number of carbonyl (C=O) groups is 1. The summed E-state index contributed by atoms with van der Waals surface area (Å²) in [5.41, 5.74) is 3.73. The van der Waals surface area contributed by atoms with Gasteiger partial charge in [-0.2, -0.15) is 0 Å². The van der Waals surface area contributed by atoms with Crippen molar-refractivity contribution in [1.29, 1.82) is 0 Å². The van der Waals surface area contributed by atoms with E-state index < -0.39 is 23.8 Å². The number of aromatic nitrogens is 2. The highest BCUT2D eigenvalue weighted by Gasteiger charge is 2.38. The van der Waals surface area contributed by atoms with E-state index in [1.54, 1.807) is 26.1 Å². The second-order valence-electron chi connectivity index (χ2n) is 9.39. The summed E-state index contributed by atoms with van der Waals surface area (Å²) in [6.45, 7) is 5.26. The number of benzene rings is 1. The lowest BCUT2D eigenvalue weighted by atomic mass is 9.96. The predicted octanol–water partition coefficient (Wildman–Crippen LogP) is 6.35. The largest absolute Gasteiger partial charge is 0.378 e. The minimum Gasteiger partial charge on any atom is -0.378 e. The van der Waals surface area contributed by atoms with E-state index in [1.807, 2.05) is 17.9 Å². The average Bonchev–Trinajstić information content (AvgIpc) is 3.09. The summed E-state index contributed by atoms with van der Waals surface area (Å²) in [6.07, 6.45) is 3.61. The van der Waals surface area contributed by atoms with Crippen molar-refractivity contribution >= 4 is 28.1 Å². The number of halogens is 3. The van der Waals surface area contributed by atoms with Crippen LogP contribution >= 0.6 is 0 Å². The van der Waals surface area contributed by atoms with Crippen LogP contribution in [0, 0.1) is 12.7 Å². The molecule has 1 fully saturated rings. The Morgan fingerprint density at radius 2 is 1.97 bits per heavy atom. The number of aryl methyl sites for hydroxylation is 1. The molecule has 5 rings (SSSR count). The number of anilines is 1. The molecule has 1 aromatic carbocycles. The maximum atomic E-state index is 14.8. The molecule has 0 spiro atoms. The number of amides is 1. The van der Waals surface area contributed by atoms with E-state index in [2.05, 4.69) is 16.4 Å². The molecule has 0 saturated carbocycles. The van der Waals surface area contributed by atoms with E-state index in [0.29, 0.717) is 0 Å². The molecule has 2 unspecified atom stereocenters. The van der Waals surface area contributed by atoms with Gasteiger partial charge in [0.1, 0.15) is 5.82 Å². The van der Waals surface area contributed by atoms with Crippen LogP contribution in [-0.4, -0.2) is 32.9 Å². The fourth-order valence-corrected chi connectivity index (χ4v) is 5.49. The number of alkyl halides is 2. The molecule has 2 bridgehead atoms. The highest BCUT2D eigenvalue weighted by molar-refractivity contribution is 5.94. The smallest absolute Gasteiger partial charge is 0.266 e. The van der Waals surface area contributed by atoms with Crippen LogP contribution < -0.4 is 5.32 Å². The lowest BCUT2D eigenvalue weighted by Gasteiger charge is -2.33. The van der Waals surface area contributed by atoms with Gasteiger partial charge in [0.2, 0.25) is 5.91 Å². The first kappa shape index (κ1) is 23.3. The van der Waals surface area contributed by atoms with E-state index in [-0.39, 0.29) is 23.6 Å². The zero-order valence-corrected chi connectivity index (χ0v) is 19.9. The van der Waals surface area contributed by atoms with Gasteiger partial charge in [0.25, 0.3) is 6.43 Å². The SMILES string of the molecule is CC(=O)N1C2C=C(c3cc4c(N[C@H](C)c5cccc(C(F)F)c5F)ccnc4c(C)n3)CC1CC2.